The molecule has 0 spiro atoms. The van der Waals surface area contributed by atoms with Crippen molar-refractivity contribution in [1.29, 1.82) is 0 Å². The molecule has 0 aliphatic rings. The summed E-state index contributed by atoms with van der Waals surface area (Å²) in [5.41, 5.74) is -0.662. The summed E-state index contributed by atoms with van der Waals surface area (Å²) in [5.74, 6) is -0.651. The number of methoxy groups -OCH3 is 2. The molecule has 0 aromatic carbocycles. The van der Waals surface area contributed by atoms with Gasteiger partial charge in [0.15, 0.2) is 6.04 Å². The largest absolute Gasteiger partial charge is 0.467 e. The van der Waals surface area contributed by atoms with Crippen molar-refractivity contribution in [2.24, 2.45) is 0 Å². The minimum absolute atomic E-state index is 0.315. The van der Waals surface area contributed by atoms with E-state index in [9.17, 15) is 9.59 Å². The van der Waals surface area contributed by atoms with Crippen LogP contribution < -0.4 is 5.32 Å². The van der Waals surface area contributed by atoms with Crippen molar-refractivity contribution in [1.82, 2.24) is 5.32 Å². The molecule has 0 bridgehead atoms. The van der Waals surface area contributed by atoms with Gasteiger partial charge in [-0.05, 0) is 27.7 Å². The van der Waals surface area contributed by atoms with E-state index in [4.69, 9.17) is 10.8 Å². The molecule has 0 rings (SSSR count). The maximum Gasteiger partial charge on any atom is 0.408 e. The molecule has 100 valence electrons. The Morgan fingerprint density at radius 2 is 1.94 bits per heavy atom. The first kappa shape index (κ1) is 13.8. The topological polar surface area (TPSA) is 73.9 Å². The Morgan fingerprint density at radius 3 is 2.35 bits per heavy atom. The van der Waals surface area contributed by atoms with E-state index in [-0.39, 0.29) is 7.09 Å². The molecule has 0 heterocycles. The van der Waals surface area contributed by atoms with Crippen LogP contribution in [0.4, 0.5) is 4.79 Å². The predicted octanol–water partition coefficient (Wildman–Crippen LogP) is 1.09. The third-order valence-electron chi connectivity index (χ3n) is 1.86. The number of alkyl carbamates (subject to hydrolysis) is 1. The van der Waals surface area contributed by atoms with Crippen LogP contribution in [0.15, 0.2) is 0 Å². The maximum atomic E-state index is 11.6. The zero-order valence-corrected chi connectivity index (χ0v) is 10.9. The first-order chi connectivity index (χ1) is 8.21. The van der Waals surface area contributed by atoms with Crippen molar-refractivity contribution in [3.8, 4) is 0 Å². The van der Waals surface area contributed by atoms with Crippen LogP contribution >= 0.6 is 0 Å². The Morgan fingerprint density at radius 1 is 1.35 bits per heavy atom. The van der Waals surface area contributed by atoms with Crippen LogP contribution in [-0.2, 0) is 19.0 Å². The minimum Gasteiger partial charge on any atom is -0.467 e. The molecular formula is C11H21NO5. The fourth-order valence-electron chi connectivity index (χ4n) is 1.03. The number of hydrogen-bond donors (Lipinski definition) is 1. The molecule has 0 radical (unpaired) electrons. The van der Waals surface area contributed by atoms with E-state index in [0.717, 1.165) is 0 Å². The summed E-state index contributed by atoms with van der Waals surface area (Å²) in [4.78, 5) is 23.1. The Kier molecular flexibility index (Phi) is 5.21. The van der Waals surface area contributed by atoms with Gasteiger partial charge in [-0.15, -0.1) is 0 Å². The normalized spacial score (nSPS) is 15.5. The van der Waals surface area contributed by atoms with Crippen molar-refractivity contribution in [2.45, 2.75) is 45.4 Å². The summed E-state index contributed by atoms with van der Waals surface area (Å²) < 4.78 is 21.5. The van der Waals surface area contributed by atoms with E-state index < -0.39 is 29.8 Å². The highest BCUT2D eigenvalue weighted by Crippen LogP contribution is 2.08. The van der Waals surface area contributed by atoms with Crippen molar-refractivity contribution in [3.63, 3.8) is 0 Å². The van der Waals surface area contributed by atoms with Gasteiger partial charge in [-0.3, -0.25) is 0 Å². The smallest absolute Gasteiger partial charge is 0.408 e. The molecule has 6 heteroatoms. The van der Waals surface area contributed by atoms with Gasteiger partial charge in [-0.2, -0.15) is 0 Å². The summed E-state index contributed by atoms with van der Waals surface area (Å²) in [6.45, 7) is 6.70. The van der Waals surface area contributed by atoms with Gasteiger partial charge in [0.1, 0.15) is 5.60 Å². The molecule has 0 unspecified atom stereocenters. The summed E-state index contributed by atoms with van der Waals surface area (Å²) in [7, 11) is 0.893. The maximum absolute atomic E-state index is 11.6. The molecule has 0 saturated heterocycles. The monoisotopic (exact) mass is 248 g/mol. The van der Waals surface area contributed by atoms with E-state index in [0.29, 0.717) is 0 Å². The lowest BCUT2D eigenvalue weighted by atomic mass is 10.2. The number of esters is 1. The van der Waals surface area contributed by atoms with Crippen LogP contribution in [-0.4, -0.2) is 44.0 Å². The second kappa shape index (κ2) is 6.44. The molecule has 0 aromatic rings. The zero-order chi connectivity index (χ0) is 14.3. The van der Waals surface area contributed by atoms with E-state index in [1.54, 1.807) is 27.7 Å². The van der Waals surface area contributed by atoms with Gasteiger partial charge in [-0.25, -0.2) is 9.59 Å². The van der Waals surface area contributed by atoms with Crippen LogP contribution in [0.1, 0.15) is 29.1 Å². The van der Waals surface area contributed by atoms with Crippen LogP contribution in [0, 0.1) is 0 Å². The molecular weight excluding hydrogens is 226 g/mol. The Labute approximate surface area is 103 Å². The van der Waals surface area contributed by atoms with Crippen molar-refractivity contribution in [2.75, 3.05) is 14.2 Å². The average molecular weight is 248 g/mol. The number of rotatable bonds is 4. The summed E-state index contributed by atoms with van der Waals surface area (Å²) in [6.07, 6.45) is -1.42. The SMILES string of the molecule is [2H]CO[C@H](C)[C@H](NC(=O)OC(C)(C)C)C(=O)OC. The second-order valence-corrected chi connectivity index (χ2v) is 4.52. The highest BCUT2D eigenvalue weighted by Gasteiger charge is 2.29. The second-order valence-electron chi connectivity index (χ2n) is 4.52. The highest BCUT2D eigenvalue weighted by molar-refractivity contribution is 5.81. The molecule has 1 amide bonds. The van der Waals surface area contributed by atoms with Gasteiger partial charge in [-0.1, -0.05) is 0 Å². The highest BCUT2D eigenvalue weighted by atomic mass is 16.6. The fraction of sp³-hybridized carbons (Fsp3) is 0.818. The number of hydrogen-bond acceptors (Lipinski definition) is 5. The summed E-state index contributed by atoms with van der Waals surface area (Å²) in [5, 5.41) is 2.36. The number of carbonyl (C=O) groups is 2. The lowest BCUT2D eigenvalue weighted by Gasteiger charge is -2.25. The van der Waals surface area contributed by atoms with Crippen LogP contribution in [0.25, 0.3) is 0 Å². The Bertz CT molecular complexity index is 290. The number of ether oxygens (including phenoxy) is 3. The molecule has 0 saturated carbocycles. The Balaban J connectivity index is 4.59. The molecule has 6 nitrogen and oxygen atoms in total. The average Bonchev–Trinajstić information content (AvgIpc) is 2.22. The predicted molar refractivity (Wildman–Crippen MR) is 61.6 cm³/mol. The van der Waals surface area contributed by atoms with Gasteiger partial charge in [0.25, 0.3) is 0 Å². The standard InChI is InChI=1S/C11H21NO5/c1-7(15-5)8(9(13)16-6)12-10(14)17-11(2,3)4/h7-8H,1-6H3,(H,12,14)/t7-,8+/m1/s1/i5D. The van der Waals surface area contributed by atoms with Gasteiger partial charge >= 0.3 is 12.1 Å². The molecule has 17 heavy (non-hydrogen) atoms. The van der Waals surface area contributed by atoms with Crippen LogP contribution in [0.2, 0.25) is 0 Å². The zero-order valence-electron chi connectivity index (χ0n) is 11.9. The van der Waals surface area contributed by atoms with Crippen LogP contribution in [0.5, 0.6) is 0 Å². The number of amides is 1. The van der Waals surface area contributed by atoms with Crippen molar-refractivity contribution >= 4 is 12.1 Å². The lowest BCUT2D eigenvalue weighted by Crippen LogP contribution is -2.50. The molecule has 0 aliphatic carbocycles. The van der Waals surface area contributed by atoms with E-state index in [2.05, 4.69) is 10.1 Å². The minimum atomic E-state index is -1.00. The van der Waals surface area contributed by atoms with Crippen LogP contribution in [0.3, 0.4) is 0 Å². The van der Waals surface area contributed by atoms with E-state index in [1.165, 1.54) is 7.11 Å². The third-order valence-corrected chi connectivity index (χ3v) is 1.86. The quantitative estimate of drug-likeness (QED) is 0.754. The Hall–Kier alpha value is -1.30. The van der Waals surface area contributed by atoms with Gasteiger partial charge < -0.3 is 19.5 Å². The van der Waals surface area contributed by atoms with E-state index >= 15 is 0 Å². The van der Waals surface area contributed by atoms with Gasteiger partial charge in [0, 0.05) is 7.09 Å². The summed E-state index contributed by atoms with van der Waals surface area (Å²) >= 11 is 0. The fourth-order valence-corrected chi connectivity index (χ4v) is 1.03. The number of carbonyl (C=O) groups excluding carboxylic acids is 2. The molecule has 1 N–H and O–H groups in total. The van der Waals surface area contributed by atoms with Crippen molar-refractivity contribution < 1.29 is 25.2 Å². The number of nitrogens with one attached hydrogen (secondary N) is 1. The van der Waals surface area contributed by atoms with E-state index in [1.807, 2.05) is 0 Å². The molecule has 0 aromatic heterocycles. The molecule has 2 atom stereocenters. The van der Waals surface area contributed by atoms with Gasteiger partial charge in [0.05, 0.1) is 14.6 Å². The third kappa shape index (κ3) is 6.11. The first-order valence-electron chi connectivity index (χ1n) is 5.90. The molecule has 0 fully saturated rings. The van der Waals surface area contributed by atoms with Crippen molar-refractivity contribution in [3.05, 3.63) is 0 Å². The van der Waals surface area contributed by atoms with Gasteiger partial charge in [0.2, 0.25) is 0 Å². The first-order valence-corrected chi connectivity index (χ1v) is 5.19. The molecule has 0 aliphatic heterocycles. The lowest BCUT2D eigenvalue weighted by molar-refractivity contribution is -0.146. The summed E-state index contributed by atoms with van der Waals surface area (Å²) in [6, 6.07) is -1.00.